The Morgan fingerprint density at radius 3 is 2.16 bits per heavy atom. The zero-order chi connectivity index (χ0) is 27.2. The summed E-state index contributed by atoms with van der Waals surface area (Å²) in [4.78, 5) is 28.4. The first-order valence-corrected chi connectivity index (χ1v) is 14.1. The fourth-order valence-electron chi connectivity index (χ4n) is 3.99. The average Bonchev–Trinajstić information content (AvgIpc) is 2.87. The van der Waals surface area contributed by atoms with E-state index in [0.29, 0.717) is 26.9 Å². The van der Waals surface area contributed by atoms with Gasteiger partial charge in [-0.2, -0.15) is 0 Å². The predicted octanol–water partition coefficient (Wildman–Crippen LogP) is 4.45. The number of anilines is 1. The van der Waals surface area contributed by atoms with Gasteiger partial charge in [0.25, 0.3) is 0 Å². The van der Waals surface area contributed by atoms with Crippen LogP contribution in [0.1, 0.15) is 16.7 Å². The molecular weight excluding hydrogens is 533 g/mol. The van der Waals surface area contributed by atoms with E-state index in [2.05, 4.69) is 5.32 Å². The molecule has 2 amide bonds. The first-order chi connectivity index (χ1) is 17.5. The number of carbonyl (C=O) groups excluding carboxylic acids is 2. The van der Waals surface area contributed by atoms with Crippen molar-refractivity contribution in [3.8, 4) is 0 Å². The topological polar surface area (TPSA) is 86.8 Å². The number of rotatable bonds is 10. The molecule has 3 aromatic rings. The largest absolute Gasteiger partial charge is 0.357 e. The van der Waals surface area contributed by atoms with E-state index in [0.717, 1.165) is 16.1 Å². The van der Waals surface area contributed by atoms with Crippen molar-refractivity contribution in [3.05, 3.63) is 99.5 Å². The van der Waals surface area contributed by atoms with Crippen LogP contribution in [0.2, 0.25) is 10.0 Å². The summed E-state index contributed by atoms with van der Waals surface area (Å²) in [6, 6.07) is 20.3. The lowest BCUT2D eigenvalue weighted by Crippen LogP contribution is -2.53. The first-order valence-electron chi connectivity index (χ1n) is 11.5. The summed E-state index contributed by atoms with van der Waals surface area (Å²) in [7, 11) is -2.38. The van der Waals surface area contributed by atoms with Gasteiger partial charge in [-0.15, -0.1) is 0 Å². The second-order valence-corrected chi connectivity index (χ2v) is 11.3. The smallest absolute Gasteiger partial charge is 0.244 e. The number of amides is 2. The van der Waals surface area contributed by atoms with Gasteiger partial charge in [0.15, 0.2) is 0 Å². The maximum atomic E-state index is 13.9. The molecule has 0 saturated carbocycles. The molecule has 0 saturated heterocycles. The Hall–Kier alpha value is -3.07. The lowest BCUT2D eigenvalue weighted by molar-refractivity contribution is -0.139. The van der Waals surface area contributed by atoms with Crippen LogP contribution in [-0.4, -0.2) is 51.0 Å². The van der Waals surface area contributed by atoms with Gasteiger partial charge in [-0.1, -0.05) is 77.8 Å². The minimum atomic E-state index is -3.88. The molecule has 0 bridgehead atoms. The summed E-state index contributed by atoms with van der Waals surface area (Å²) >= 11 is 12.7. The van der Waals surface area contributed by atoms with E-state index >= 15 is 0 Å². The van der Waals surface area contributed by atoms with E-state index in [1.165, 1.54) is 11.9 Å². The Bertz CT molecular complexity index is 1370. The molecule has 0 radical (unpaired) electrons. The van der Waals surface area contributed by atoms with E-state index < -0.39 is 28.5 Å². The second kappa shape index (κ2) is 12.4. The second-order valence-electron chi connectivity index (χ2n) is 8.59. The standard InChI is InChI=1S/C27H29Cl2N3O4S/c1-19-22(28)14-9-15-24(19)32(37(3,35)36)18-26(33)31(17-21-12-7-8-13-23(21)29)25(27(34)30-2)16-20-10-5-4-6-11-20/h4-15,25H,16-18H2,1-3H3,(H,30,34)/t25-/m0/s1. The molecule has 37 heavy (non-hydrogen) atoms. The van der Waals surface area contributed by atoms with Crippen molar-refractivity contribution >= 4 is 50.7 Å². The Kier molecular flexibility index (Phi) is 9.59. The number of sulfonamides is 1. The van der Waals surface area contributed by atoms with Crippen LogP contribution >= 0.6 is 23.2 Å². The van der Waals surface area contributed by atoms with Crippen LogP contribution < -0.4 is 9.62 Å². The van der Waals surface area contributed by atoms with E-state index in [4.69, 9.17) is 23.2 Å². The van der Waals surface area contributed by atoms with Crippen LogP contribution in [0.15, 0.2) is 72.8 Å². The van der Waals surface area contributed by atoms with Crippen LogP contribution in [0, 0.1) is 6.92 Å². The Balaban J connectivity index is 2.07. The third-order valence-electron chi connectivity index (χ3n) is 6.00. The Labute approximate surface area is 228 Å². The number of halogens is 2. The van der Waals surface area contributed by atoms with Crippen molar-refractivity contribution in [1.29, 1.82) is 0 Å². The Morgan fingerprint density at radius 2 is 1.54 bits per heavy atom. The highest BCUT2D eigenvalue weighted by atomic mass is 35.5. The highest BCUT2D eigenvalue weighted by molar-refractivity contribution is 7.92. The van der Waals surface area contributed by atoms with E-state index in [1.807, 2.05) is 30.3 Å². The molecule has 1 atom stereocenters. The van der Waals surface area contributed by atoms with Gasteiger partial charge in [0.05, 0.1) is 11.9 Å². The van der Waals surface area contributed by atoms with Gasteiger partial charge >= 0.3 is 0 Å². The number of likely N-dealkylation sites (N-methyl/N-ethyl adjacent to an activating group) is 1. The van der Waals surface area contributed by atoms with E-state index in [-0.39, 0.29) is 18.9 Å². The monoisotopic (exact) mass is 561 g/mol. The van der Waals surface area contributed by atoms with Gasteiger partial charge in [-0.05, 0) is 41.8 Å². The first kappa shape index (κ1) is 28.5. The number of nitrogens with one attached hydrogen (secondary N) is 1. The molecule has 0 aliphatic heterocycles. The van der Waals surface area contributed by atoms with Gasteiger partial charge in [-0.3, -0.25) is 13.9 Å². The lowest BCUT2D eigenvalue weighted by atomic mass is 10.0. The van der Waals surface area contributed by atoms with Crippen molar-refractivity contribution in [3.63, 3.8) is 0 Å². The van der Waals surface area contributed by atoms with Crippen molar-refractivity contribution in [2.45, 2.75) is 25.9 Å². The molecule has 0 heterocycles. The van der Waals surface area contributed by atoms with Gasteiger partial charge < -0.3 is 10.2 Å². The maximum absolute atomic E-state index is 13.9. The van der Waals surface area contributed by atoms with Crippen LogP contribution in [0.5, 0.6) is 0 Å². The molecule has 196 valence electrons. The molecule has 3 rings (SSSR count). The fraction of sp³-hybridized carbons (Fsp3) is 0.259. The number of hydrogen-bond donors (Lipinski definition) is 1. The summed E-state index contributed by atoms with van der Waals surface area (Å²) in [5, 5.41) is 3.44. The number of hydrogen-bond acceptors (Lipinski definition) is 4. The predicted molar refractivity (Wildman–Crippen MR) is 148 cm³/mol. The summed E-state index contributed by atoms with van der Waals surface area (Å²) < 4.78 is 26.7. The van der Waals surface area contributed by atoms with E-state index in [9.17, 15) is 18.0 Å². The van der Waals surface area contributed by atoms with Crippen LogP contribution in [-0.2, 0) is 32.6 Å². The highest BCUT2D eigenvalue weighted by Gasteiger charge is 2.33. The molecule has 1 N–H and O–H groups in total. The summed E-state index contributed by atoms with van der Waals surface area (Å²) in [5.41, 5.74) is 2.29. The zero-order valence-electron chi connectivity index (χ0n) is 20.8. The van der Waals surface area contributed by atoms with Gasteiger partial charge in [0.1, 0.15) is 12.6 Å². The summed E-state index contributed by atoms with van der Waals surface area (Å²) in [6.45, 7) is 1.17. The average molecular weight is 563 g/mol. The van der Waals surface area contributed by atoms with Crippen LogP contribution in [0.3, 0.4) is 0 Å². The molecule has 0 fully saturated rings. The number of carbonyl (C=O) groups is 2. The molecule has 7 nitrogen and oxygen atoms in total. The van der Waals surface area contributed by atoms with Gasteiger partial charge in [-0.25, -0.2) is 8.42 Å². The molecule has 0 aliphatic rings. The van der Waals surface area contributed by atoms with Crippen molar-refractivity contribution < 1.29 is 18.0 Å². The summed E-state index contributed by atoms with van der Waals surface area (Å²) in [5.74, 6) is -0.941. The molecular formula is C27H29Cl2N3O4S. The molecule has 0 spiro atoms. The van der Waals surface area contributed by atoms with Gasteiger partial charge in [0, 0.05) is 30.1 Å². The molecule has 10 heteroatoms. The minimum absolute atomic E-state index is 0.00948. The Morgan fingerprint density at radius 1 is 0.919 bits per heavy atom. The highest BCUT2D eigenvalue weighted by Crippen LogP contribution is 2.29. The van der Waals surface area contributed by atoms with Crippen molar-refractivity contribution in [2.24, 2.45) is 0 Å². The third-order valence-corrected chi connectivity index (χ3v) is 7.91. The van der Waals surface area contributed by atoms with Crippen molar-refractivity contribution in [2.75, 3.05) is 24.2 Å². The molecule has 0 aliphatic carbocycles. The van der Waals surface area contributed by atoms with Gasteiger partial charge in [0.2, 0.25) is 21.8 Å². The van der Waals surface area contributed by atoms with Crippen molar-refractivity contribution in [1.82, 2.24) is 10.2 Å². The maximum Gasteiger partial charge on any atom is 0.244 e. The molecule has 0 unspecified atom stereocenters. The SMILES string of the molecule is CNC(=O)[C@H](Cc1ccccc1)N(Cc1ccccc1Cl)C(=O)CN(c1cccc(Cl)c1C)S(C)(=O)=O. The number of nitrogens with zero attached hydrogens (tertiary/aromatic N) is 2. The molecule has 0 aromatic heterocycles. The fourth-order valence-corrected chi connectivity index (χ4v) is 5.26. The zero-order valence-corrected chi connectivity index (χ0v) is 23.1. The quantitative estimate of drug-likeness (QED) is 0.396. The van der Waals surface area contributed by atoms with Crippen LogP contribution in [0.25, 0.3) is 0 Å². The minimum Gasteiger partial charge on any atom is -0.357 e. The van der Waals surface area contributed by atoms with Crippen LogP contribution in [0.4, 0.5) is 5.69 Å². The lowest BCUT2D eigenvalue weighted by Gasteiger charge is -2.33. The summed E-state index contributed by atoms with van der Waals surface area (Å²) in [6.07, 6.45) is 1.25. The normalized spacial score (nSPS) is 12.0. The number of benzene rings is 3. The third kappa shape index (κ3) is 7.25. The van der Waals surface area contributed by atoms with E-state index in [1.54, 1.807) is 49.4 Å². The molecule has 3 aromatic carbocycles.